The molecule has 2 aromatic rings. The molecule has 0 fully saturated rings. The highest BCUT2D eigenvalue weighted by Gasteiger charge is 2.15. The molecule has 0 radical (unpaired) electrons. The minimum Gasteiger partial charge on any atom is -0.497 e. The van der Waals surface area contributed by atoms with E-state index in [9.17, 15) is 0 Å². The molecule has 0 aliphatic carbocycles. The summed E-state index contributed by atoms with van der Waals surface area (Å²) in [6, 6.07) is 7.96. The predicted molar refractivity (Wildman–Crippen MR) is 85.4 cm³/mol. The van der Waals surface area contributed by atoms with Crippen LogP contribution in [0.2, 0.25) is 0 Å². The molecule has 5 heteroatoms. The highest BCUT2D eigenvalue weighted by Crippen LogP contribution is 2.37. The van der Waals surface area contributed by atoms with Crippen LogP contribution in [-0.2, 0) is 0 Å². The molecule has 1 aromatic carbocycles. The first-order chi connectivity index (χ1) is 8.11. The van der Waals surface area contributed by atoms with Gasteiger partial charge in [0.25, 0.3) is 0 Å². The Labute approximate surface area is 131 Å². The van der Waals surface area contributed by atoms with E-state index in [1.807, 2.05) is 18.2 Å². The third-order valence-corrected chi connectivity index (χ3v) is 5.34. The highest BCUT2D eigenvalue weighted by atomic mass is 127. The molecule has 1 heterocycles. The molecule has 90 valence electrons. The lowest BCUT2D eigenvalue weighted by molar-refractivity contribution is 0.414. The summed E-state index contributed by atoms with van der Waals surface area (Å²) in [5.74, 6) is 0.824. The predicted octanol–water partition coefficient (Wildman–Crippen LogP) is 5.45. The summed E-state index contributed by atoms with van der Waals surface area (Å²) in [7, 11) is 1.65. The van der Waals surface area contributed by atoms with Crippen LogP contribution in [0.25, 0.3) is 0 Å². The van der Waals surface area contributed by atoms with E-state index in [0.29, 0.717) is 0 Å². The summed E-state index contributed by atoms with van der Waals surface area (Å²) in [6.07, 6.45) is 0. The summed E-state index contributed by atoms with van der Waals surface area (Å²) in [4.78, 5) is 0. The van der Waals surface area contributed by atoms with Crippen LogP contribution >= 0.6 is 61.5 Å². The fourth-order valence-corrected chi connectivity index (χ4v) is 3.98. The Hall–Kier alpha value is 0.220. The Morgan fingerprint density at radius 3 is 2.71 bits per heavy atom. The third kappa shape index (κ3) is 3.16. The van der Waals surface area contributed by atoms with Crippen molar-refractivity contribution in [3.05, 3.63) is 48.1 Å². The fraction of sp³-hybridized carbons (Fsp3) is 0.167. The number of rotatable bonds is 3. The molecule has 0 N–H and O–H groups in total. The van der Waals surface area contributed by atoms with Crippen LogP contribution in [0, 0.1) is 2.88 Å². The highest BCUT2D eigenvalue weighted by molar-refractivity contribution is 14.1. The van der Waals surface area contributed by atoms with Crippen molar-refractivity contribution < 1.29 is 4.74 Å². The van der Waals surface area contributed by atoms with Crippen LogP contribution < -0.4 is 4.74 Å². The number of hydrogen-bond donors (Lipinski definition) is 0. The smallest absolute Gasteiger partial charge is 0.120 e. The van der Waals surface area contributed by atoms with Crippen molar-refractivity contribution >= 4 is 61.5 Å². The van der Waals surface area contributed by atoms with Gasteiger partial charge in [-0.05, 0) is 57.3 Å². The number of thiophene rings is 1. The molecule has 1 unspecified atom stereocenters. The molecule has 17 heavy (non-hydrogen) atoms. The van der Waals surface area contributed by atoms with Crippen LogP contribution in [0.15, 0.2) is 34.1 Å². The first kappa shape index (κ1) is 13.6. The normalized spacial score (nSPS) is 12.5. The molecular formula is C12H9BrClIOS. The number of benzene rings is 1. The van der Waals surface area contributed by atoms with Crippen LogP contribution in [-0.4, -0.2) is 7.11 Å². The fourth-order valence-electron chi connectivity index (χ4n) is 1.48. The second-order valence-electron chi connectivity index (χ2n) is 3.43. The first-order valence-electron chi connectivity index (χ1n) is 4.83. The summed E-state index contributed by atoms with van der Waals surface area (Å²) in [5.41, 5.74) is 2.19. The Bertz CT molecular complexity index is 529. The Balaban J connectivity index is 2.34. The van der Waals surface area contributed by atoms with E-state index in [1.165, 1.54) is 2.88 Å². The van der Waals surface area contributed by atoms with E-state index in [-0.39, 0.29) is 5.38 Å². The van der Waals surface area contributed by atoms with Gasteiger partial charge in [0.15, 0.2) is 0 Å². The molecule has 1 atom stereocenters. The van der Waals surface area contributed by atoms with E-state index < -0.39 is 0 Å². The number of halogens is 3. The maximum atomic E-state index is 6.48. The van der Waals surface area contributed by atoms with Crippen molar-refractivity contribution in [3.8, 4) is 5.75 Å². The van der Waals surface area contributed by atoms with Gasteiger partial charge in [-0.2, -0.15) is 0 Å². The van der Waals surface area contributed by atoms with Crippen molar-refractivity contribution in [2.45, 2.75) is 5.38 Å². The Morgan fingerprint density at radius 2 is 2.18 bits per heavy atom. The molecule has 1 aromatic heterocycles. The minimum atomic E-state index is -0.130. The SMILES string of the molecule is COc1ccc(C(Cl)c2csc(I)c2)c(Br)c1. The summed E-state index contributed by atoms with van der Waals surface area (Å²) >= 11 is 14.0. The molecule has 0 amide bonds. The molecule has 1 nitrogen and oxygen atoms in total. The zero-order valence-electron chi connectivity index (χ0n) is 8.91. The van der Waals surface area contributed by atoms with Gasteiger partial charge in [0, 0.05) is 4.47 Å². The molecular weight excluding hydrogens is 434 g/mol. The first-order valence-corrected chi connectivity index (χ1v) is 8.02. The topological polar surface area (TPSA) is 9.23 Å². The van der Waals surface area contributed by atoms with Gasteiger partial charge in [0.05, 0.1) is 15.4 Å². The average molecular weight is 444 g/mol. The van der Waals surface area contributed by atoms with Crippen molar-refractivity contribution in [3.63, 3.8) is 0 Å². The van der Waals surface area contributed by atoms with E-state index in [4.69, 9.17) is 16.3 Å². The Kier molecular flexibility index (Phi) is 4.74. The van der Waals surface area contributed by atoms with Gasteiger partial charge < -0.3 is 4.74 Å². The molecule has 0 aliphatic heterocycles. The van der Waals surface area contributed by atoms with Crippen molar-refractivity contribution in [2.24, 2.45) is 0 Å². The average Bonchev–Trinajstić information content (AvgIpc) is 2.75. The molecule has 0 aliphatic rings. The van der Waals surface area contributed by atoms with Gasteiger partial charge in [0.2, 0.25) is 0 Å². The summed E-state index contributed by atoms with van der Waals surface area (Å²) < 4.78 is 7.38. The summed E-state index contributed by atoms with van der Waals surface area (Å²) in [6.45, 7) is 0. The molecule has 2 rings (SSSR count). The monoisotopic (exact) mass is 442 g/mol. The van der Waals surface area contributed by atoms with Crippen molar-refractivity contribution in [2.75, 3.05) is 7.11 Å². The lowest BCUT2D eigenvalue weighted by Gasteiger charge is -2.11. The number of hydrogen-bond acceptors (Lipinski definition) is 2. The largest absolute Gasteiger partial charge is 0.497 e. The Morgan fingerprint density at radius 1 is 1.41 bits per heavy atom. The van der Waals surface area contributed by atoms with Gasteiger partial charge in [-0.15, -0.1) is 22.9 Å². The van der Waals surface area contributed by atoms with Crippen LogP contribution in [0.5, 0.6) is 5.75 Å². The van der Waals surface area contributed by atoms with Gasteiger partial charge in [-0.3, -0.25) is 0 Å². The van der Waals surface area contributed by atoms with Gasteiger partial charge >= 0.3 is 0 Å². The number of alkyl halides is 1. The minimum absolute atomic E-state index is 0.130. The molecule has 0 saturated carbocycles. The second-order valence-corrected chi connectivity index (χ2v) is 7.53. The summed E-state index contributed by atoms with van der Waals surface area (Å²) in [5, 5.41) is 1.96. The zero-order valence-corrected chi connectivity index (χ0v) is 14.2. The number of methoxy groups -OCH3 is 1. The maximum Gasteiger partial charge on any atom is 0.120 e. The standard InChI is InChI=1S/C12H9BrClIOS/c1-16-8-2-3-9(10(13)5-8)12(14)7-4-11(15)17-6-7/h2-6,12H,1H3. The lowest BCUT2D eigenvalue weighted by atomic mass is 10.1. The molecule has 0 bridgehead atoms. The van der Waals surface area contributed by atoms with Crippen molar-refractivity contribution in [1.29, 1.82) is 0 Å². The van der Waals surface area contributed by atoms with Crippen LogP contribution in [0.1, 0.15) is 16.5 Å². The molecule has 0 saturated heterocycles. The lowest BCUT2D eigenvalue weighted by Crippen LogP contribution is -1.93. The second kappa shape index (κ2) is 5.91. The van der Waals surface area contributed by atoms with E-state index in [1.54, 1.807) is 18.4 Å². The van der Waals surface area contributed by atoms with Crippen molar-refractivity contribution in [1.82, 2.24) is 0 Å². The third-order valence-electron chi connectivity index (χ3n) is 2.36. The van der Waals surface area contributed by atoms with E-state index in [2.05, 4.69) is 50.0 Å². The maximum absolute atomic E-state index is 6.48. The van der Waals surface area contributed by atoms with Crippen LogP contribution in [0.4, 0.5) is 0 Å². The van der Waals surface area contributed by atoms with Gasteiger partial charge in [0.1, 0.15) is 5.75 Å². The number of ether oxygens (including phenoxy) is 1. The van der Waals surface area contributed by atoms with E-state index in [0.717, 1.165) is 21.3 Å². The van der Waals surface area contributed by atoms with E-state index >= 15 is 0 Å². The quantitative estimate of drug-likeness (QED) is 0.453. The van der Waals surface area contributed by atoms with Gasteiger partial charge in [-0.25, -0.2) is 0 Å². The van der Waals surface area contributed by atoms with Crippen LogP contribution in [0.3, 0.4) is 0 Å². The van der Waals surface area contributed by atoms with Gasteiger partial charge in [-0.1, -0.05) is 22.0 Å². The molecule has 0 spiro atoms. The zero-order chi connectivity index (χ0) is 12.4.